The highest BCUT2D eigenvalue weighted by Crippen LogP contribution is 2.31. The smallest absolute Gasteiger partial charge is 0.264 e. The first-order valence-electron chi connectivity index (χ1n) is 10.3. The minimum atomic E-state index is -0.0103. The summed E-state index contributed by atoms with van der Waals surface area (Å²) in [4.78, 5) is 30.4. The number of nitrogens with one attached hydrogen (secondary N) is 1. The van der Waals surface area contributed by atoms with E-state index in [0.29, 0.717) is 32.7 Å². The van der Waals surface area contributed by atoms with E-state index in [1.165, 1.54) is 0 Å². The third-order valence-electron chi connectivity index (χ3n) is 5.94. The van der Waals surface area contributed by atoms with Crippen molar-refractivity contribution in [2.75, 3.05) is 38.0 Å². The van der Waals surface area contributed by atoms with Crippen LogP contribution in [0.2, 0.25) is 0 Å². The van der Waals surface area contributed by atoms with Gasteiger partial charge in [-0.2, -0.15) is 0 Å². The van der Waals surface area contributed by atoms with Gasteiger partial charge in [-0.1, -0.05) is 30.3 Å². The Morgan fingerprint density at radius 2 is 1.67 bits per heavy atom. The van der Waals surface area contributed by atoms with E-state index >= 15 is 0 Å². The van der Waals surface area contributed by atoms with E-state index < -0.39 is 0 Å². The molecule has 1 saturated heterocycles. The highest BCUT2D eigenvalue weighted by molar-refractivity contribution is 7.21. The van der Waals surface area contributed by atoms with Gasteiger partial charge in [-0.25, -0.2) is 0 Å². The number of amides is 2. The van der Waals surface area contributed by atoms with Gasteiger partial charge < -0.3 is 10.2 Å². The molecule has 2 heterocycles. The Kier molecular flexibility index (Phi) is 5.88. The fourth-order valence-electron chi connectivity index (χ4n) is 3.91. The van der Waals surface area contributed by atoms with Crippen LogP contribution in [0.5, 0.6) is 0 Å². The van der Waals surface area contributed by atoms with Crippen LogP contribution >= 0.6 is 11.3 Å². The molecule has 0 radical (unpaired) electrons. The molecule has 2 aromatic carbocycles. The summed E-state index contributed by atoms with van der Waals surface area (Å²) in [6.45, 7) is 9.13. The zero-order valence-corrected chi connectivity index (χ0v) is 18.5. The van der Waals surface area contributed by atoms with E-state index in [1.807, 2.05) is 56.0 Å². The maximum atomic E-state index is 13.1. The van der Waals surface area contributed by atoms with Crippen molar-refractivity contribution in [1.29, 1.82) is 0 Å². The van der Waals surface area contributed by atoms with E-state index in [1.54, 1.807) is 11.3 Å². The van der Waals surface area contributed by atoms with Crippen LogP contribution in [-0.2, 0) is 4.79 Å². The van der Waals surface area contributed by atoms with Gasteiger partial charge in [0.1, 0.15) is 0 Å². The number of rotatable bonds is 4. The Morgan fingerprint density at radius 3 is 2.40 bits per heavy atom. The van der Waals surface area contributed by atoms with Gasteiger partial charge in [-0.05, 0) is 55.0 Å². The van der Waals surface area contributed by atoms with Gasteiger partial charge >= 0.3 is 0 Å². The predicted molar refractivity (Wildman–Crippen MR) is 123 cm³/mol. The number of thiophene rings is 1. The van der Waals surface area contributed by atoms with Gasteiger partial charge in [0, 0.05) is 36.6 Å². The summed E-state index contributed by atoms with van der Waals surface area (Å²) in [7, 11) is 0. The highest BCUT2D eigenvalue weighted by Gasteiger charge is 2.26. The lowest BCUT2D eigenvalue weighted by molar-refractivity contribution is -0.117. The Balaban J connectivity index is 1.34. The maximum absolute atomic E-state index is 13.1. The van der Waals surface area contributed by atoms with Crippen LogP contribution in [0.25, 0.3) is 10.1 Å². The number of anilines is 1. The van der Waals surface area contributed by atoms with Crippen molar-refractivity contribution >= 4 is 38.9 Å². The van der Waals surface area contributed by atoms with Crippen molar-refractivity contribution in [2.24, 2.45) is 0 Å². The van der Waals surface area contributed by atoms with Crippen LogP contribution < -0.4 is 5.32 Å². The SMILES string of the molecule is Cc1cccc(NC(=O)CN2CCN(C(=O)c3sc4ccccc4c3C)CC2)c1C. The predicted octanol–water partition coefficient (Wildman–Crippen LogP) is 4.22. The number of benzene rings is 2. The molecular weight excluding hydrogens is 394 g/mol. The topological polar surface area (TPSA) is 52.7 Å². The summed E-state index contributed by atoms with van der Waals surface area (Å²) in [6, 6.07) is 14.1. The summed E-state index contributed by atoms with van der Waals surface area (Å²) in [5, 5.41) is 4.18. The van der Waals surface area contributed by atoms with Crippen LogP contribution in [0.4, 0.5) is 5.69 Å². The van der Waals surface area contributed by atoms with Crippen LogP contribution in [0.3, 0.4) is 0 Å². The van der Waals surface area contributed by atoms with Gasteiger partial charge in [0.15, 0.2) is 0 Å². The first-order valence-corrected chi connectivity index (χ1v) is 11.1. The summed E-state index contributed by atoms with van der Waals surface area (Å²) in [5.41, 5.74) is 4.20. The average Bonchev–Trinajstić information content (AvgIpc) is 3.08. The number of fused-ring (bicyclic) bond motifs is 1. The lowest BCUT2D eigenvalue weighted by Gasteiger charge is -2.34. The number of aryl methyl sites for hydroxylation is 2. The lowest BCUT2D eigenvalue weighted by atomic mass is 10.1. The first-order chi connectivity index (χ1) is 14.4. The molecule has 3 aromatic rings. The third kappa shape index (κ3) is 4.11. The van der Waals surface area contributed by atoms with E-state index in [4.69, 9.17) is 0 Å². The van der Waals surface area contributed by atoms with Crippen LogP contribution in [-0.4, -0.2) is 54.3 Å². The second kappa shape index (κ2) is 8.58. The van der Waals surface area contributed by atoms with Crippen LogP contribution in [0.15, 0.2) is 42.5 Å². The monoisotopic (exact) mass is 421 g/mol. The Labute approximate surface area is 181 Å². The molecular formula is C24H27N3O2S. The largest absolute Gasteiger partial charge is 0.335 e. The molecule has 0 unspecified atom stereocenters. The molecule has 1 aliphatic rings. The summed E-state index contributed by atoms with van der Waals surface area (Å²) >= 11 is 1.57. The minimum Gasteiger partial charge on any atom is -0.335 e. The zero-order valence-electron chi connectivity index (χ0n) is 17.7. The molecule has 156 valence electrons. The van der Waals surface area contributed by atoms with Crippen molar-refractivity contribution in [3.63, 3.8) is 0 Å². The molecule has 5 nitrogen and oxygen atoms in total. The second-order valence-electron chi connectivity index (χ2n) is 7.92. The highest BCUT2D eigenvalue weighted by atomic mass is 32.1. The molecule has 0 aliphatic carbocycles. The number of carbonyl (C=O) groups is 2. The Bertz CT molecular complexity index is 1100. The Morgan fingerprint density at radius 1 is 0.933 bits per heavy atom. The van der Waals surface area contributed by atoms with Gasteiger partial charge in [-0.15, -0.1) is 11.3 Å². The molecule has 1 aromatic heterocycles. The normalized spacial score (nSPS) is 14.8. The van der Waals surface area contributed by atoms with Gasteiger partial charge in [0.25, 0.3) is 5.91 Å². The third-order valence-corrected chi connectivity index (χ3v) is 7.20. The summed E-state index contributed by atoms with van der Waals surface area (Å²) in [6.07, 6.45) is 0. The van der Waals surface area contributed by atoms with Crippen molar-refractivity contribution in [3.8, 4) is 0 Å². The maximum Gasteiger partial charge on any atom is 0.264 e. The number of carbonyl (C=O) groups excluding carboxylic acids is 2. The van der Waals surface area contributed by atoms with Crippen molar-refractivity contribution < 1.29 is 9.59 Å². The first kappa shape index (κ1) is 20.6. The summed E-state index contributed by atoms with van der Waals surface area (Å²) < 4.78 is 1.15. The standard InChI is InChI=1S/C24H27N3O2S/c1-16-7-6-9-20(17(16)2)25-22(28)15-26-11-13-27(14-12-26)24(29)23-18(3)19-8-4-5-10-21(19)30-23/h4-10H,11-15H2,1-3H3,(H,25,28). The molecule has 2 amide bonds. The number of hydrogen-bond acceptors (Lipinski definition) is 4. The van der Waals surface area contributed by atoms with Crippen molar-refractivity contribution in [2.45, 2.75) is 20.8 Å². The van der Waals surface area contributed by atoms with E-state index in [9.17, 15) is 9.59 Å². The fourth-order valence-corrected chi connectivity index (χ4v) is 5.09. The van der Waals surface area contributed by atoms with E-state index in [-0.39, 0.29) is 11.8 Å². The van der Waals surface area contributed by atoms with E-state index in [2.05, 4.69) is 22.3 Å². The second-order valence-corrected chi connectivity index (χ2v) is 8.97. The van der Waals surface area contributed by atoms with E-state index in [0.717, 1.165) is 37.3 Å². The molecule has 30 heavy (non-hydrogen) atoms. The molecule has 4 rings (SSSR count). The molecule has 1 fully saturated rings. The zero-order chi connectivity index (χ0) is 21.3. The lowest BCUT2D eigenvalue weighted by Crippen LogP contribution is -2.50. The molecule has 0 atom stereocenters. The Hall–Kier alpha value is -2.70. The van der Waals surface area contributed by atoms with Gasteiger partial charge in [0.2, 0.25) is 5.91 Å². The quantitative estimate of drug-likeness (QED) is 0.686. The molecule has 0 spiro atoms. The number of hydrogen-bond donors (Lipinski definition) is 1. The number of piperazine rings is 1. The van der Waals surface area contributed by atoms with Crippen LogP contribution in [0.1, 0.15) is 26.4 Å². The van der Waals surface area contributed by atoms with Gasteiger partial charge in [-0.3, -0.25) is 14.5 Å². The van der Waals surface area contributed by atoms with Crippen molar-refractivity contribution in [1.82, 2.24) is 9.80 Å². The van der Waals surface area contributed by atoms with Crippen molar-refractivity contribution in [3.05, 3.63) is 64.0 Å². The molecule has 6 heteroatoms. The fraction of sp³-hybridized carbons (Fsp3) is 0.333. The van der Waals surface area contributed by atoms with Crippen LogP contribution in [0, 0.1) is 20.8 Å². The number of nitrogens with zero attached hydrogens (tertiary/aromatic N) is 2. The molecule has 1 N–H and O–H groups in total. The molecule has 0 bridgehead atoms. The summed E-state index contributed by atoms with van der Waals surface area (Å²) in [5.74, 6) is 0.0945. The van der Waals surface area contributed by atoms with Gasteiger partial charge in [0.05, 0.1) is 11.4 Å². The molecule has 0 saturated carbocycles. The minimum absolute atomic E-state index is 0.0103. The average molecular weight is 422 g/mol. The molecule has 1 aliphatic heterocycles.